The zero-order chi connectivity index (χ0) is 35.5. The van der Waals surface area contributed by atoms with Gasteiger partial charge in [-0.2, -0.15) is 0 Å². The predicted octanol–water partition coefficient (Wildman–Crippen LogP) is 7.68. The summed E-state index contributed by atoms with van der Waals surface area (Å²) in [5.41, 5.74) is 0.994. The molecule has 0 unspecified atom stereocenters. The lowest BCUT2D eigenvalue weighted by Crippen LogP contribution is -2.47. The molecule has 2 N–H and O–H groups in total. The van der Waals surface area contributed by atoms with E-state index in [1.54, 1.807) is 90.1 Å². The number of anilines is 2. The summed E-state index contributed by atoms with van der Waals surface area (Å²) in [6.45, 7) is 8.11. The Labute approximate surface area is 290 Å². The van der Waals surface area contributed by atoms with Crippen molar-refractivity contribution in [3.63, 3.8) is 0 Å². The first-order chi connectivity index (χ1) is 23.9. The summed E-state index contributed by atoms with van der Waals surface area (Å²) in [6, 6.07) is 20.7. The van der Waals surface area contributed by atoms with Gasteiger partial charge < -0.3 is 19.7 Å². The molecule has 2 aromatic heterocycles. The normalized spacial score (nSPS) is 15.1. The summed E-state index contributed by atoms with van der Waals surface area (Å²) in [7, 11) is -3.95. The molecule has 3 aromatic carbocycles. The number of ether oxygens (including phenoxy) is 2. The van der Waals surface area contributed by atoms with Gasteiger partial charge in [0, 0.05) is 47.9 Å². The van der Waals surface area contributed by atoms with Crippen LogP contribution < -0.4 is 14.8 Å². The van der Waals surface area contributed by atoms with E-state index in [4.69, 9.17) is 14.5 Å². The summed E-state index contributed by atoms with van der Waals surface area (Å²) in [5.74, 6) is -0.325. The van der Waals surface area contributed by atoms with Crippen molar-refractivity contribution >= 4 is 38.5 Å². The summed E-state index contributed by atoms with van der Waals surface area (Å²) in [4.78, 5) is 28.0. The molecule has 5 aromatic rings. The second kappa shape index (κ2) is 14.3. The molecule has 260 valence electrons. The molecule has 0 spiro atoms. The molecule has 1 fully saturated rings. The molecule has 0 saturated carbocycles. The third-order valence-corrected chi connectivity index (χ3v) is 9.32. The first kappa shape index (κ1) is 34.6. The highest BCUT2D eigenvalue weighted by molar-refractivity contribution is 7.91. The van der Waals surface area contributed by atoms with E-state index in [1.807, 2.05) is 20.8 Å². The summed E-state index contributed by atoms with van der Waals surface area (Å²) in [6.07, 6.45) is 4.45. The molecule has 1 saturated heterocycles. The van der Waals surface area contributed by atoms with Gasteiger partial charge in [0.15, 0.2) is 5.82 Å². The van der Waals surface area contributed by atoms with Crippen LogP contribution in [0.1, 0.15) is 44.7 Å². The number of hydrogen-bond donors (Lipinski definition) is 2. The number of nitrogens with one attached hydrogen (secondary N) is 2. The van der Waals surface area contributed by atoms with E-state index < -0.39 is 21.4 Å². The van der Waals surface area contributed by atoms with Gasteiger partial charge in [0.05, 0.1) is 22.7 Å². The van der Waals surface area contributed by atoms with Gasteiger partial charge in [-0.15, -0.1) is 0 Å². The molecule has 1 aliphatic rings. The number of piperidine rings is 1. The number of aromatic nitrogens is 3. The lowest BCUT2D eigenvalue weighted by molar-refractivity contribution is 0.0206. The van der Waals surface area contributed by atoms with Gasteiger partial charge in [0.25, 0.3) is 0 Å². The van der Waals surface area contributed by atoms with Crippen molar-refractivity contribution in [1.29, 1.82) is 0 Å². The van der Waals surface area contributed by atoms with Gasteiger partial charge >= 0.3 is 6.09 Å². The lowest BCUT2D eigenvalue weighted by Gasteiger charge is -2.34. The molecular weight excluding hydrogens is 660 g/mol. The summed E-state index contributed by atoms with van der Waals surface area (Å²) in [5, 5.41) is 4.18. The second-order valence-electron chi connectivity index (χ2n) is 13.2. The Balaban J connectivity index is 1.26. The first-order valence-corrected chi connectivity index (χ1v) is 18.0. The van der Waals surface area contributed by atoms with Crippen LogP contribution >= 0.6 is 0 Å². The number of carbonyl (C=O) groups excluding carboxylic acids is 1. The molecule has 0 radical (unpaired) electrons. The maximum Gasteiger partial charge on any atom is 0.410 e. The fourth-order valence-electron chi connectivity index (χ4n) is 5.83. The van der Waals surface area contributed by atoms with E-state index in [1.165, 1.54) is 6.92 Å². The number of likely N-dealkylation sites (tertiary alicyclic amines) is 1. The van der Waals surface area contributed by atoms with Gasteiger partial charge in [-0.05, 0) is 64.3 Å². The number of halogens is 1. The Bertz CT molecular complexity index is 2130. The van der Waals surface area contributed by atoms with E-state index in [2.05, 4.69) is 20.0 Å². The topological polar surface area (TPSA) is 136 Å². The third kappa shape index (κ3) is 8.11. The van der Waals surface area contributed by atoms with Crippen LogP contribution in [0.15, 0.2) is 85.2 Å². The lowest BCUT2D eigenvalue weighted by atomic mass is 10.0. The minimum absolute atomic E-state index is 0.0863. The highest BCUT2D eigenvalue weighted by atomic mass is 32.2. The van der Waals surface area contributed by atoms with Gasteiger partial charge in [0.2, 0.25) is 21.9 Å². The van der Waals surface area contributed by atoms with Gasteiger partial charge in [-0.25, -0.2) is 32.6 Å². The highest BCUT2D eigenvalue weighted by Gasteiger charge is 2.28. The van der Waals surface area contributed by atoms with Crippen LogP contribution in [-0.2, 0) is 20.5 Å². The molecular formula is C37H39FN6O5S. The quantitative estimate of drug-likeness (QED) is 0.159. The molecule has 11 nitrogen and oxygen atoms in total. The molecule has 1 aliphatic heterocycles. The van der Waals surface area contributed by atoms with Crippen LogP contribution in [0.25, 0.3) is 22.0 Å². The zero-order valence-corrected chi connectivity index (χ0v) is 29.1. The highest BCUT2D eigenvalue weighted by Crippen LogP contribution is 2.42. The molecule has 0 bridgehead atoms. The number of rotatable bonds is 9. The van der Waals surface area contributed by atoms with Crippen molar-refractivity contribution in [1.82, 2.24) is 19.9 Å². The van der Waals surface area contributed by atoms with E-state index in [0.717, 1.165) is 12.8 Å². The largest absolute Gasteiger partial charge is 0.444 e. The Hall–Kier alpha value is -5.30. The fourth-order valence-corrected chi connectivity index (χ4v) is 7.05. The number of pyridine rings is 1. The van der Waals surface area contributed by atoms with Crippen molar-refractivity contribution in [3.05, 3.63) is 102 Å². The van der Waals surface area contributed by atoms with Crippen molar-refractivity contribution in [2.24, 2.45) is 0 Å². The summed E-state index contributed by atoms with van der Waals surface area (Å²) >= 11 is 0. The van der Waals surface area contributed by atoms with Crippen molar-refractivity contribution < 1.29 is 27.1 Å². The molecule has 6 rings (SSSR count). The number of fused-ring (bicyclic) bond motifs is 1. The molecule has 1 amide bonds. The van der Waals surface area contributed by atoms with Crippen molar-refractivity contribution in [3.8, 4) is 22.9 Å². The van der Waals surface area contributed by atoms with Crippen molar-refractivity contribution in [2.75, 3.05) is 23.1 Å². The number of hydrogen-bond acceptors (Lipinski definition) is 9. The Morgan fingerprint density at radius 2 is 1.72 bits per heavy atom. The van der Waals surface area contributed by atoms with Crippen LogP contribution in [-0.4, -0.2) is 59.1 Å². The van der Waals surface area contributed by atoms with E-state index in [9.17, 15) is 13.2 Å². The van der Waals surface area contributed by atoms with Crippen molar-refractivity contribution in [2.45, 2.75) is 57.9 Å². The predicted molar refractivity (Wildman–Crippen MR) is 191 cm³/mol. The Morgan fingerprint density at radius 1 is 0.980 bits per heavy atom. The Morgan fingerprint density at radius 3 is 2.48 bits per heavy atom. The van der Waals surface area contributed by atoms with Crippen LogP contribution in [0.5, 0.6) is 11.6 Å². The van der Waals surface area contributed by atoms with Gasteiger partial charge in [-0.1, -0.05) is 54.6 Å². The maximum absolute atomic E-state index is 16.1. The number of amides is 1. The molecule has 1 atom stereocenters. The van der Waals surface area contributed by atoms with Gasteiger partial charge in [-0.3, -0.25) is 4.72 Å². The zero-order valence-electron chi connectivity index (χ0n) is 28.3. The first-order valence-electron chi connectivity index (χ1n) is 16.3. The molecule has 3 heterocycles. The number of benzene rings is 3. The van der Waals surface area contributed by atoms with Crippen LogP contribution in [0.3, 0.4) is 0 Å². The van der Waals surface area contributed by atoms with E-state index >= 15 is 4.39 Å². The third-order valence-electron chi connectivity index (χ3n) is 8.10. The van der Waals surface area contributed by atoms with Gasteiger partial charge in [0.1, 0.15) is 11.4 Å². The number of carbonyl (C=O) groups is 1. The van der Waals surface area contributed by atoms with Crippen LogP contribution in [0, 0.1) is 12.7 Å². The molecule has 50 heavy (non-hydrogen) atoms. The number of sulfonamides is 1. The van der Waals surface area contributed by atoms with Crippen LogP contribution in [0.2, 0.25) is 0 Å². The smallest absolute Gasteiger partial charge is 0.410 e. The average Bonchev–Trinajstić information content (AvgIpc) is 3.08. The minimum atomic E-state index is -3.95. The molecule has 13 heteroatoms. The number of nitrogens with zero attached hydrogens (tertiary/aromatic N) is 4. The standard InChI is InChI=1S/C37H39FN6O5S/c1-24-31(38)32(43-50(46,47)23-25-12-6-5-7-13-25)27-15-8-9-16-28(27)33(24)48-34-29(17-10-19-39-34)30-18-20-40-35(42-30)41-26-14-11-21-44(22-26)36(45)49-37(2,3)4/h5-10,12-13,15-20,26,43H,11,14,21-23H2,1-4H3,(H,40,41,42)/t26-/m0/s1. The van der Waals surface area contributed by atoms with E-state index in [-0.39, 0.29) is 40.8 Å². The SMILES string of the molecule is Cc1c(F)c(NS(=O)(=O)Cc2ccccc2)c2ccccc2c1Oc1ncccc1-c1ccnc(N[C@H]2CCCN(C(=O)OC(C)(C)C)C2)n1. The summed E-state index contributed by atoms with van der Waals surface area (Å²) < 4.78 is 56.8. The van der Waals surface area contributed by atoms with Crippen LogP contribution in [0.4, 0.5) is 20.8 Å². The second-order valence-corrected chi connectivity index (χ2v) is 14.9. The fraction of sp³-hybridized carbons (Fsp3) is 0.297. The monoisotopic (exact) mass is 698 g/mol. The molecule has 0 aliphatic carbocycles. The minimum Gasteiger partial charge on any atom is -0.444 e. The average molecular weight is 699 g/mol. The Kier molecular flexibility index (Phi) is 9.87. The maximum atomic E-state index is 16.1. The van der Waals surface area contributed by atoms with E-state index in [0.29, 0.717) is 46.6 Å².